The van der Waals surface area contributed by atoms with Crippen molar-refractivity contribution in [2.75, 3.05) is 18.5 Å². The number of aryl methyl sites for hydroxylation is 1. The third-order valence-corrected chi connectivity index (χ3v) is 6.19. The van der Waals surface area contributed by atoms with Crippen molar-refractivity contribution in [3.05, 3.63) is 94.8 Å². The van der Waals surface area contributed by atoms with E-state index in [2.05, 4.69) is 16.8 Å². The van der Waals surface area contributed by atoms with Crippen LogP contribution in [-0.4, -0.2) is 34.9 Å². The summed E-state index contributed by atoms with van der Waals surface area (Å²) < 4.78 is 30.0. The Bertz CT molecular complexity index is 1170. The molecule has 4 nitrogen and oxygen atoms in total. The number of rotatable bonds is 2. The second-order valence-electron chi connectivity index (χ2n) is 8.26. The molecule has 0 spiro atoms. The van der Waals surface area contributed by atoms with E-state index in [1.165, 1.54) is 17.0 Å². The molecule has 0 bridgehead atoms. The monoisotopic (exact) mass is 433 g/mol. The van der Waals surface area contributed by atoms with Crippen LogP contribution in [0.5, 0.6) is 0 Å². The molecule has 0 amide bonds. The molecule has 2 heterocycles. The van der Waals surface area contributed by atoms with Gasteiger partial charge in [0, 0.05) is 35.1 Å². The fourth-order valence-corrected chi connectivity index (χ4v) is 4.13. The highest BCUT2D eigenvalue weighted by molar-refractivity contribution is 5.55. The van der Waals surface area contributed by atoms with Crippen LogP contribution in [0.3, 0.4) is 0 Å². The van der Waals surface area contributed by atoms with Gasteiger partial charge in [0.15, 0.2) is 18.0 Å². The molecule has 1 aromatic heterocycles. The molecule has 1 N–H and O–H groups in total. The highest BCUT2D eigenvalue weighted by Crippen LogP contribution is 2.39. The van der Waals surface area contributed by atoms with Gasteiger partial charge in [-0.3, -0.25) is 9.88 Å². The van der Waals surface area contributed by atoms with Gasteiger partial charge in [-0.05, 0) is 69.3 Å². The third-order valence-electron chi connectivity index (χ3n) is 6.19. The predicted molar refractivity (Wildman–Crippen MR) is 121 cm³/mol. The number of halogens is 2. The first-order valence-electron chi connectivity index (χ1n) is 10.5. The minimum atomic E-state index is -1.20. The maximum absolute atomic E-state index is 15.0. The lowest BCUT2D eigenvalue weighted by Crippen LogP contribution is -2.61. The number of hydrogen-bond donors (Lipinski definition) is 1. The standard InChI is InChI=1S/C26H25F2N3O/c1-18-15-21(11-13-29-18)26(2)12-14-31(25(32)30(26)3)24-22(27)16-20(17-23(24)28)10-9-19-7-5-4-6-8-19/h4-8,11,13,15-17,25,32H,12,14H2,1-3H3. The number of aliphatic hydroxyl groups is 1. The molecule has 0 radical (unpaired) electrons. The largest absolute Gasteiger partial charge is 0.361 e. The molecule has 3 aromatic rings. The molecule has 1 aliphatic rings. The molecule has 0 aliphatic carbocycles. The van der Waals surface area contributed by atoms with Crippen LogP contribution in [0.15, 0.2) is 60.8 Å². The second kappa shape index (κ2) is 8.70. The van der Waals surface area contributed by atoms with Gasteiger partial charge in [-0.2, -0.15) is 0 Å². The van der Waals surface area contributed by atoms with Crippen molar-refractivity contribution in [3.63, 3.8) is 0 Å². The smallest absolute Gasteiger partial charge is 0.187 e. The molecule has 2 atom stereocenters. The van der Waals surface area contributed by atoms with Crippen LogP contribution in [0.2, 0.25) is 0 Å². The van der Waals surface area contributed by atoms with Crippen LogP contribution in [0.1, 0.15) is 35.7 Å². The molecule has 6 heteroatoms. The molecule has 2 unspecified atom stereocenters. The van der Waals surface area contributed by atoms with E-state index >= 15 is 8.78 Å². The van der Waals surface area contributed by atoms with Crippen LogP contribution in [0, 0.1) is 30.4 Å². The van der Waals surface area contributed by atoms with E-state index in [4.69, 9.17) is 0 Å². The van der Waals surface area contributed by atoms with Crippen molar-refractivity contribution in [1.82, 2.24) is 9.88 Å². The summed E-state index contributed by atoms with van der Waals surface area (Å²) >= 11 is 0. The molecule has 1 aliphatic heterocycles. The van der Waals surface area contributed by atoms with E-state index < -0.39 is 23.5 Å². The van der Waals surface area contributed by atoms with Crippen molar-refractivity contribution in [2.45, 2.75) is 32.2 Å². The maximum atomic E-state index is 15.0. The van der Waals surface area contributed by atoms with Crippen LogP contribution in [0.25, 0.3) is 0 Å². The average molecular weight is 434 g/mol. The first-order valence-corrected chi connectivity index (χ1v) is 10.5. The Hall–Kier alpha value is -3.27. The highest BCUT2D eigenvalue weighted by atomic mass is 19.1. The zero-order valence-electron chi connectivity index (χ0n) is 18.3. The molecule has 164 valence electrons. The predicted octanol–water partition coefficient (Wildman–Crippen LogP) is 4.40. The summed E-state index contributed by atoms with van der Waals surface area (Å²) in [5.74, 6) is 4.21. The second-order valence-corrected chi connectivity index (χ2v) is 8.26. The van der Waals surface area contributed by atoms with E-state index in [1.807, 2.05) is 56.3 Å². The quantitative estimate of drug-likeness (QED) is 0.608. The number of pyridine rings is 1. The zero-order chi connectivity index (χ0) is 22.9. The molecule has 2 aromatic carbocycles. The molecule has 1 saturated heterocycles. The Kier molecular flexibility index (Phi) is 5.96. The van der Waals surface area contributed by atoms with Crippen LogP contribution >= 0.6 is 0 Å². The average Bonchev–Trinajstić information content (AvgIpc) is 2.78. The van der Waals surface area contributed by atoms with Crippen molar-refractivity contribution in [2.24, 2.45) is 0 Å². The van der Waals surface area contributed by atoms with Gasteiger partial charge in [-0.15, -0.1) is 0 Å². The van der Waals surface area contributed by atoms with Gasteiger partial charge >= 0.3 is 0 Å². The minimum absolute atomic E-state index is 0.240. The SMILES string of the molecule is Cc1cc(C2(C)CCN(c3c(F)cc(C#Cc4ccccc4)cc3F)C(O)N2C)ccn1. The molecule has 32 heavy (non-hydrogen) atoms. The molecule has 4 rings (SSSR count). The van der Waals surface area contributed by atoms with Crippen molar-refractivity contribution in [1.29, 1.82) is 0 Å². The molecule has 0 saturated carbocycles. The molecule has 1 fully saturated rings. The Morgan fingerprint density at radius 2 is 1.69 bits per heavy atom. The van der Waals surface area contributed by atoms with Gasteiger partial charge in [0.2, 0.25) is 0 Å². The maximum Gasteiger partial charge on any atom is 0.187 e. The fourth-order valence-electron chi connectivity index (χ4n) is 4.13. The van der Waals surface area contributed by atoms with E-state index in [1.54, 1.807) is 18.1 Å². The first kappa shape index (κ1) is 21.9. The van der Waals surface area contributed by atoms with Gasteiger partial charge in [0.25, 0.3) is 0 Å². The summed E-state index contributed by atoms with van der Waals surface area (Å²) in [7, 11) is 1.75. The minimum Gasteiger partial charge on any atom is -0.361 e. The lowest BCUT2D eigenvalue weighted by molar-refractivity contribution is -0.0743. The number of anilines is 1. The summed E-state index contributed by atoms with van der Waals surface area (Å²) in [6.45, 7) is 4.20. The van der Waals surface area contributed by atoms with Gasteiger partial charge in [0.1, 0.15) is 5.69 Å². The van der Waals surface area contributed by atoms with Crippen LogP contribution < -0.4 is 4.90 Å². The summed E-state index contributed by atoms with van der Waals surface area (Å²) in [5.41, 5.74) is 2.12. The topological polar surface area (TPSA) is 39.6 Å². The first-order chi connectivity index (χ1) is 15.3. The van der Waals surface area contributed by atoms with Gasteiger partial charge in [-0.1, -0.05) is 30.0 Å². The van der Waals surface area contributed by atoms with Crippen LogP contribution in [0.4, 0.5) is 14.5 Å². The van der Waals surface area contributed by atoms with Crippen molar-refractivity contribution >= 4 is 5.69 Å². The zero-order valence-corrected chi connectivity index (χ0v) is 18.3. The number of aliphatic hydroxyl groups excluding tert-OH is 1. The molecular weight excluding hydrogens is 408 g/mol. The van der Waals surface area contributed by atoms with Gasteiger partial charge < -0.3 is 10.0 Å². The Labute approximate surface area is 187 Å². The number of nitrogens with zero attached hydrogens (tertiary/aromatic N) is 3. The number of benzene rings is 2. The van der Waals surface area contributed by atoms with Gasteiger partial charge in [0.05, 0.1) is 0 Å². The van der Waals surface area contributed by atoms with Crippen molar-refractivity contribution in [3.8, 4) is 11.8 Å². The fraction of sp³-hybridized carbons (Fsp3) is 0.269. The van der Waals surface area contributed by atoms with Crippen LogP contribution in [-0.2, 0) is 5.54 Å². The van der Waals surface area contributed by atoms with Crippen molar-refractivity contribution < 1.29 is 13.9 Å². The summed E-state index contributed by atoms with van der Waals surface area (Å²) in [6, 6.07) is 15.5. The van der Waals surface area contributed by atoms with E-state index in [9.17, 15) is 5.11 Å². The lowest BCUT2D eigenvalue weighted by atomic mass is 9.85. The Morgan fingerprint density at radius 1 is 1.03 bits per heavy atom. The third kappa shape index (κ3) is 4.10. The van der Waals surface area contributed by atoms with E-state index in [-0.39, 0.29) is 17.8 Å². The highest BCUT2D eigenvalue weighted by Gasteiger charge is 2.43. The number of hydrogen-bond acceptors (Lipinski definition) is 4. The summed E-state index contributed by atoms with van der Waals surface area (Å²) in [6.07, 6.45) is 1.10. The van der Waals surface area contributed by atoms with E-state index in [0.29, 0.717) is 6.42 Å². The van der Waals surface area contributed by atoms with E-state index in [0.717, 1.165) is 16.8 Å². The normalized spacial score (nSPS) is 21.2. The summed E-state index contributed by atoms with van der Waals surface area (Å²) in [5, 5.41) is 11.0. The molecular formula is C26H25F2N3O. The number of aromatic nitrogens is 1. The Balaban J connectivity index is 1.61. The Morgan fingerprint density at radius 3 is 2.34 bits per heavy atom. The lowest BCUT2D eigenvalue weighted by Gasteiger charge is -2.51. The van der Waals surface area contributed by atoms with Gasteiger partial charge in [-0.25, -0.2) is 8.78 Å². The summed E-state index contributed by atoms with van der Waals surface area (Å²) in [4.78, 5) is 7.32.